The van der Waals surface area contributed by atoms with Crippen molar-refractivity contribution in [2.75, 3.05) is 33.9 Å². The van der Waals surface area contributed by atoms with Gasteiger partial charge in [0, 0.05) is 41.7 Å². The number of benzene rings is 2. The van der Waals surface area contributed by atoms with Gasteiger partial charge < -0.3 is 18.9 Å². The monoisotopic (exact) mass is 723 g/mol. The van der Waals surface area contributed by atoms with Crippen LogP contribution in [0.25, 0.3) is 0 Å². The van der Waals surface area contributed by atoms with Gasteiger partial charge in [0.1, 0.15) is 18.2 Å². The minimum Gasteiger partial charge on any atom is -0.493 e. The van der Waals surface area contributed by atoms with Gasteiger partial charge in [-0.1, -0.05) is 59.6 Å². The Labute approximate surface area is 300 Å². The minimum atomic E-state index is -0.709. The number of methoxy groups -OCH3 is 2. The Morgan fingerprint density at radius 1 is 0.939 bits per heavy atom. The second kappa shape index (κ2) is 16.4. The Bertz CT molecular complexity index is 1730. The van der Waals surface area contributed by atoms with E-state index in [-0.39, 0.29) is 24.9 Å². The average molecular weight is 725 g/mol. The second-order valence-electron chi connectivity index (χ2n) is 12.3. The molecule has 0 saturated carbocycles. The summed E-state index contributed by atoms with van der Waals surface area (Å²) < 4.78 is 23.1. The maximum Gasteiger partial charge on any atom is 0.328 e. The molecule has 0 spiro atoms. The van der Waals surface area contributed by atoms with Crippen molar-refractivity contribution in [3.8, 4) is 11.5 Å². The van der Waals surface area contributed by atoms with Gasteiger partial charge in [-0.25, -0.2) is 4.79 Å². The van der Waals surface area contributed by atoms with Crippen LogP contribution in [0.4, 0.5) is 0 Å². The Balaban J connectivity index is 1.12. The lowest BCUT2D eigenvalue weighted by atomic mass is 9.86. The molecule has 12 heteroatoms. The summed E-state index contributed by atoms with van der Waals surface area (Å²) in [7, 11) is 3.11. The lowest BCUT2D eigenvalue weighted by Gasteiger charge is -2.44. The highest BCUT2D eigenvalue weighted by molar-refractivity contribution is 7.12. The van der Waals surface area contributed by atoms with Crippen LogP contribution in [0.1, 0.15) is 51.4 Å². The van der Waals surface area contributed by atoms with Crippen molar-refractivity contribution in [2.45, 2.75) is 50.5 Å². The molecule has 1 N–H and O–H groups in total. The molecule has 7 rings (SSSR count). The molecule has 3 aliphatic heterocycles. The molecular formula is C37H39Cl2N3O6S. The summed E-state index contributed by atoms with van der Waals surface area (Å²) in [6.07, 6.45) is 4.68. The number of aromatic nitrogens is 1. The first-order valence-electron chi connectivity index (χ1n) is 16.3. The van der Waals surface area contributed by atoms with E-state index in [1.54, 1.807) is 26.4 Å². The molecule has 3 fully saturated rings. The first-order chi connectivity index (χ1) is 23.8. The smallest absolute Gasteiger partial charge is 0.328 e. The van der Waals surface area contributed by atoms with Gasteiger partial charge in [-0.05, 0) is 72.8 Å². The van der Waals surface area contributed by atoms with E-state index in [2.05, 4.69) is 15.2 Å². The number of esters is 2. The van der Waals surface area contributed by atoms with E-state index in [0.29, 0.717) is 45.1 Å². The topological polar surface area (TPSA) is 99.2 Å². The van der Waals surface area contributed by atoms with Crippen LogP contribution in [0, 0.1) is 5.92 Å². The van der Waals surface area contributed by atoms with Gasteiger partial charge in [0.15, 0.2) is 11.5 Å². The molecule has 3 saturated heterocycles. The maximum atomic E-state index is 13.5. The van der Waals surface area contributed by atoms with Crippen LogP contribution in [0.5, 0.6) is 11.5 Å². The summed E-state index contributed by atoms with van der Waals surface area (Å²) in [5.74, 6) is 0.809. The quantitative estimate of drug-likeness (QED) is 0.138. The summed E-state index contributed by atoms with van der Waals surface area (Å²) in [6.45, 7) is 3.40. The van der Waals surface area contributed by atoms with E-state index in [9.17, 15) is 9.59 Å². The van der Waals surface area contributed by atoms with Gasteiger partial charge in [0.2, 0.25) is 0 Å². The van der Waals surface area contributed by atoms with Crippen molar-refractivity contribution in [1.82, 2.24) is 15.2 Å². The van der Waals surface area contributed by atoms with Crippen molar-refractivity contribution in [2.24, 2.45) is 5.92 Å². The van der Waals surface area contributed by atoms with Gasteiger partial charge in [-0.3, -0.25) is 20.0 Å². The first kappa shape index (κ1) is 35.2. The zero-order chi connectivity index (χ0) is 34.3. The van der Waals surface area contributed by atoms with Crippen molar-refractivity contribution in [3.63, 3.8) is 0 Å². The zero-order valence-corrected chi connectivity index (χ0v) is 29.7. The highest BCUT2D eigenvalue weighted by atomic mass is 35.5. The number of rotatable bonds is 14. The normalized spacial score (nSPS) is 19.6. The van der Waals surface area contributed by atoms with Crippen LogP contribution in [0.2, 0.25) is 10.0 Å². The van der Waals surface area contributed by atoms with Crippen LogP contribution < -0.4 is 14.8 Å². The zero-order valence-electron chi connectivity index (χ0n) is 27.4. The third-order valence-electron chi connectivity index (χ3n) is 9.14. The Kier molecular flexibility index (Phi) is 11.7. The van der Waals surface area contributed by atoms with E-state index >= 15 is 0 Å². The lowest BCUT2D eigenvalue weighted by molar-refractivity contribution is -0.161. The number of carbonyl (C=O) groups excluding carboxylic acids is 2. The van der Waals surface area contributed by atoms with Crippen molar-refractivity contribution >= 4 is 46.5 Å². The largest absolute Gasteiger partial charge is 0.493 e. The SMILES string of the molecule is COc1ccc([C@H](Cc2c(Cl)cncc2Cl)OC(=O)Cc2ccc(CNC(C(=O)O[C@H]3CN4CCC3CC4)c3ccccc3)s2)cc1OC. The van der Waals surface area contributed by atoms with Gasteiger partial charge in [0.25, 0.3) is 0 Å². The molecule has 5 heterocycles. The first-order valence-corrected chi connectivity index (χ1v) is 17.9. The minimum absolute atomic E-state index is 0.0655. The standard InChI is InChI=1S/C37H39Cl2N3O6S/c1-45-31-11-8-25(16-33(31)46-2)32(18-28-29(38)20-40-21-30(28)39)47-35(43)17-26-9-10-27(49-26)19-41-36(24-6-4-3-5-7-24)37(44)48-34-22-42-14-12-23(34)13-15-42/h3-11,16,20-21,23,32,34,36,41H,12-15,17-19,22H2,1-2H3/t32-,34-,36?/m0/s1. The molecule has 49 heavy (non-hydrogen) atoms. The molecule has 2 bridgehead atoms. The maximum absolute atomic E-state index is 13.5. The van der Waals surface area contributed by atoms with Crippen molar-refractivity contribution in [1.29, 1.82) is 0 Å². The predicted molar refractivity (Wildman–Crippen MR) is 189 cm³/mol. The van der Waals surface area contributed by atoms with Crippen molar-refractivity contribution in [3.05, 3.63) is 110 Å². The number of ether oxygens (including phenoxy) is 4. The van der Waals surface area contributed by atoms with Crippen LogP contribution in [-0.2, 0) is 38.4 Å². The Morgan fingerprint density at radius 2 is 1.65 bits per heavy atom. The van der Waals surface area contributed by atoms with E-state index < -0.39 is 18.1 Å². The molecule has 1 unspecified atom stereocenters. The van der Waals surface area contributed by atoms with Gasteiger partial charge in [0.05, 0.1) is 30.7 Å². The summed E-state index contributed by atoms with van der Waals surface area (Å²) in [5.41, 5.74) is 2.17. The number of carbonyl (C=O) groups is 2. The summed E-state index contributed by atoms with van der Waals surface area (Å²) in [6, 6.07) is 18.3. The molecule has 258 valence electrons. The number of piperidine rings is 3. The van der Waals surface area contributed by atoms with Crippen LogP contribution in [-0.4, -0.2) is 61.8 Å². The van der Waals surface area contributed by atoms with Gasteiger partial charge in [-0.15, -0.1) is 11.3 Å². The molecular weight excluding hydrogens is 685 g/mol. The molecule has 2 aromatic carbocycles. The number of thiophene rings is 1. The molecule has 2 aromatic heterocycles. The molecule has 9 nitrogen and oxygen atoms in total. The highest BCUT2D eigenvalue weighted by Gasteiger charge is 2.38. The van der Waals surface area contributed by atoms with Crippen LogP contribution in [0.15, 0.2) is 73.1 Å². The second-order valence-corrected chi connectivity index (χ2v) is 14.3. The van der Waals surface area contributed by atoms with Crippen LogP contribution >= 0.6 is 34.5 Å². The summed E-state index contributed by atoms with van der Waals surface area (Å²) in [5, 5.41) is 4.18. The van der Waals surface area contributed by atoms with Gasteiger partial charge >= 0.3 is 11.9 Å². The van der Waals surface area contributed by atoms with E-state index in [1.807, 2.05) is 48.5 Å². The number of halogens is 2. The van der Waals surface area contributed by atoms with E-state index in [4.69, 9.17) is 42.1 Å². The van der Waals surface area contributed by atoms with Crippen LogP contribution in [0.3, 0.4) is 0 Å². The van der Waals surface area contributed by atoms with E-state index in [1.165, 1.54) is 23.7 Å². The number of hydrogen-bond donors (Lipinski definition) is 1. The number of hydrogen-bond acceptors (Lipinski definition) is 10. The molecule has 4 aromatic rings. The third kappa shape index (κ3) is 8.74. The van der Waals surface area contributed by atoms with Crippen molar-refractivity contribution < 1.29 is 28.5 Å². The average Bonchev–Trinajstić information content (AvgIpc) is 3.56. The summed E-state index contributed by atoms with van der Waals surface area (Å²) >= 11 is 14.4. The highest BCUT2D eigenvalue weighted by Crippen LogP contribution is 2.36. The Hall–Kier alpha value is -3.67. The number of nitrogens with one attached hydrogen (secondary N) is 1. The number of nitrogens with zero attached hydrogens (tertiary/aromatic N) is 2. The third-order valence-corrected chi connectivity index (χ3v) is 10.9. The van der Waals surface area contributed by atoms with Gasteiger partial charge in [-0.2, -0.15) is 0 Å². The summed E-state index contributed by atoms with van der Waals surface area (Å²) in [4.78, 5) is 35.2. The van der Waals surface area contributed by atoms with E-state index in [0.717, 1.165) is 47.8 Å². The fourth-order valence-electron chi connectivity index (χ4n) is 6.50. The molecule has 0 amide bonds. The predicted octanol–water partition coefficient (Wildman–Crippen LogP) is 7.01. The molecule has 0 radical (unpaired) electrons. The fourth-order valence-corrected chi connectivity index (χ4v) is 7.97. The molecule has 0 aliphatic carbocycles. The number of pyridine rings is 1. The number of fused-ring (bicyclic) bond motifs is 3. The lowest BCUT2D eigenvalue weighted by Crippen LogP contribution is -2.52. The Morgan fingerprint density at radius 3 is 2.33 bits per heavy atom. The fraction of sp³-hybridized carbons (Fsp3) is 0.378. The molecule has 3 atom stereocenters. The molecule has 3 aliphatic rings.